The molecule has 0 bridgehead atoms. The molecule has 0 amide bonds. The number of nitrogens with one attached hydrogen (secondary N) is 6. The third-order valence-corrected chi connectivity index (χ3v) is 11.0. The van der Waals surface area contributed by atoms with E-state index in [2.05, 4.69) is 36.4 Å². The molecule has 4 rings (SSSR count). The Hall–Kier alpha value is -2.10. The molecule has 3 aliphatic heterocycles. The van der Waals surface area contributed by atoms with Crippen molar-refractivity contribution in [3.05, 3.63) is 17.7 Å². The number of anilines is 1. The highest BCUT2D eigenvalue weighted by atomic mass is 32.2. The lowest BCUT2D eigenvalue weighted by molar-refractivity contribution is 0.519. The molecule has 208 valence electrons. The monoisotopic (exact) mass is 580 g/mol. The molecule has 0 saturated carbocycles. The van der Waals surface area contributed by atoms with Crippen LogP contribution in [-0.4, -0.2) is 81.6 Å². The Morgan fingerprint density at radius 2 is 1.81 bits per heavy atom. The van der Waals surface area contributed by atoms with E-state index in [-0.39, 0.29) is 50.4 Å². The van der Waals surface area contributed by atoms with Gasteiger partial charge in [-0.15, -0.1) is 10.6 Å². The molecule has 10 N–H and O–H groups in total. The smallest absolute Gasteiger partial charge is 0.242 e. The van der Waals surface area contributed by atoms with Gasteiger partial charge in [-0.1, -0.05) is 0 Å². The van der Waals surface area contributed by atoms with E-state index in [1.165, 1.54) is 12.1 Å². The third-order valence-electron chi connectivity index (χ3n) is 6.37. The predicted molar refractivity (Wildman–Crippen MR) is 137 cm³/mol. The average Bonchev–Trinajstić information content (AvgIpc) is 3.56. The Kier molecular flexibility index (Phi) is 8.26. The summed E-state index contributed by atoms with van der Waals surface area (Å²) < 4.78 is 82.4. The normalized spacial score (nSPS) is 21.5. The summed E-state index contributed by atoms with van der Waals surface area (Å²) in [7, 11) is -12.4. The van der Waals surface area contributed by atoms with Crippen LogP contribution in [0.4, 0.5) is 5.69 Å². The fraction of sp³-hybridized carbons (Fsp3) is 0.611. The maximum Gasteiger partial charge on any atom is 0.242 e. The van der Waals surface area contributed by atoms with Gasteiger partial charge in [0, 0.05) is 44.5 Å². The van der Waals surface area contributed by atoms with Crippen LogP contribution in [0.2, 0.25) is 0 Å². The Morgan fingerprint density at radius 3 is 2.38 bits per heavy atom. The van der Waals surface area contributed by atoms with Gasteiger partial charge in [-0.25, -0.2) is 45.4 Å². The van der Waals surface area contributed by atoms with Crippen molar-refractivity contribution in [1.82, 2.24) is 31.3 Å². The molecule has 0 unspecified atom stereocenters. The van der Waals surface area contributed by atoms with Crippen molar-refractivity contribution >= 4 is 41.6 Å². The van der Waals surface area contributed by atoms with E-state index in [1.807, 2.05) is 0 Å². The van der Waals surface area contributed by atoms with Crippen molar-refractivity contribution in [2.24, 2.45) is 16.0 Å². The second kappa shape index (κ2) is 10.9. The lowest BCUT2D eigenvalue weighted by atomic mass is 10.1. The van der Waals surface area contributed by atoms with Crippen LogP contribution in [-0.2, 0) is 30.1 Å². The quantitative estimate of drug-likeness (QED) is 0.132. The molecule has 1 aromatic rings. The van der Waals surface area contributed by atoms with Gasteiger partial charge in [0.05, 0.1) is 10.8 Å². The first-order chi connectivity index (χ1) is 17.4. The molecule has 3 aliphatic rings. The van der Waals surface area contributed by atoms with Crippen molar-refractivity contribution in [2.75, 3.05) is 44.2 Å². The highest BCUT2D eigenvalue weighted by Crippen LogP contribution is 2.35. The molecule has 0 spiro atoms. The second-order valence-corrected chi connectivity index (χ2v) is 14.1. The summed E-state index contributed by atoms with van der Waals surface area (Å²) in [6, 6.07) is 2.28. The molecule has 0 aromatic heterocycles. The van der Waals surface area contributed by atoms with Gasteiger partial charge in [-0.05, 0) is 37.9 Å². The number of hydrogen-bond acceptors (Lipinski definition) is 13. The van der Waals surface area contributed by atoms with E-state index in [9.17, 15) is 25.3 Å². The molecular weight excluding hydrogens is 548 g/mol. The number of nitrogens with two attached hydrogens (primary N) is 2. The zero-order valence-electron chi connectivity index (χ0n) is 19.9. The Morgan fingerprint density at radius 1 is 1.08 bits per heavy atom. The average molecular weight is 581 g/mol. The molecule has 19 heteroatoms. The van der Waals surface area contributed by atoms with Crippen LogP contribution in [0.3, 0.4) is 0 Å². The summed E-state index contributed by atoms with van der Waals surface area (Å²) >= 11 is 0. The summed E-state index contributed by atoms with van der Waals surface area (Å²) in [5.74, 6) is 0.0120. The minimum Gasteiger partial charge on any atom is -0.371 e. The number of amidine groups is 1. The van der Waals surface area contributed by atoms with Crippen molar-refractivity contribution in [1.29, 1.82) is 0 Å². The molecule has 3 heterocycles. The van der Waals surface area contributed by atoms with E-state index in [4.69, 9.17) is 10.9 Å². The third kappa shape index (κ3) is 6.15. The SMILES string of the molecule is NCCNS(=O)(=O)C1CCN(c2ccc(S(=O)(=O)N[C@@H]3CCNC3)c(S(N)(=O)=O)c2C2=NNNN2)CC1. The first-order valence-electron chi connectivity index (χ1n) is 11.6. The molecular formula is C18H32N10O6S3. The van der Waals surface area contributed by atoms with Gasteiger partial charge in [0.2, 0.25) is 30.1 Å². The number of piperidine rings is 1. The van der Waals surface area contributed by atoms with E-state index in [0.29, 0.717) is 25.2 Å². The van der Waals surface area contributed by atoms with Crippen LogP contribution in [0.5, 0.6) is 0 Å². The lowest BCUT2D eigenvalue weighted by Gasteiger charge is -2.35. The highest BCUT2D eigenvalue weighted by molar-refractivity contribution is 7.92. The van der Waals surface area contributed by atoms with Gasteiger partial charge < -0.3 is 16.0 Å². The van der Waals surface area contributed by atoms with Crippen molar-refractivity contribution < 1.29 is 25.3 Å². The minimum atomic E-state index is -4.58. The predicted octanol–water partition coefficient (Wildman–Crippen LogP) is -3.90. The number of hydrazine groups is 2. The Labute approximate surface area is 216 Å². The van der Waals surface area contributed by atoms with Gasteiger partial charge >= 0.3 is 0 Å². The fourth-order valence-corrected chi connectivity index (χ4v) is 8.96. The van der Waals surface area contributed by atoms with E-state index < -0.39 is 51.2 Å². The zero-order chi connectivity index (χ0) is 26.8. The van der Waals surface area contributed by atoms with Crippen LogP contribution in [0.15, 0.2) is 27.0 Å². The van der Waals surface area contributed by atoms with Crippen LogP contribution >= 0.6 is 0 Å². The first-order valence-corrected chi connectivity index (χ1v) is 16.2. The second-order valence-electron chi connectivity index (χ2n) is 8.88. The Bertz CT molecular complexity index is 1350. The molecule has 0 aliphatic carbocycles. The summed E-state index contributed by atoms with van der Waals surface area (Å²) in [5.41, 5.74) is 13.3. The number of nitrogens with zero attached hydrogens (tertiary/aromatic N) is 2. The number of benzene rings is 1. The van der Waals surface area contributed by atoms with Crippen LogP contribution in [0.1, 0.15) is 24.8 Å². The molecule has 16 nitrogen and oxygen atoms in total. The number of sulfonamides is 3. The van der Waals surface area contributed by atoms with Crippen molar-refractivity contribution in [3.63, 3.8) is 0 Å². The maximum atomic E-state index is 13.3. The number of hydrogen-bond donors (Lipinski definition) is 8. The molecule has 2 fully saturated rings. The maximum absolute atomic E-state index is 13.3. The fourth-order valence-electron chi connectivity index (χ4n) is 4.62. The van der Waals surface area contributed by atoms with Gasteiger partial charge in [-0.2, -0.15) is 0 Å². The van der Waals surface area contributed by atoms with Gasteiger partial charge in [-0.3, -0.25) is 5.43 Å². The minimum absolute atomic E-state index is 0.0120. The van der Waals surface area contributed by atoms with Crippen LogP contribution in [0, 0.1) is 0 Å². The lowest BCUT2D eigenvalue weighted by Crippen LogP contribution is -2.45. The van der Waals surface area contributed by atoms with Crippen LogP contribution < -0.4 is 47.0 Å². The topological polar surface area (TPSA) is 242 Å². The van der Waals surface area contributed by atoms with Gasteiger partial charge in [0.25, 0.3) is 0 Å². The standard InChI is InChI=1S/C18H32N10O6S3/c19-6-8-22-36(31,32)13-4-9-28(10-5-13)14-1-2-15(37(33,34)25-12-3-7-21-11-12)17(35(20,29)30)16(14)18-23-26-27-24-18/h1-2,12-13,21-22,25-27H,3-11,19H2,(H,23,24)(H2,20,29,30)/t12-/m1/s1. The molecule has 1 atom stereocenters. The highest BCUT2D eigenvalue weighted by Gasteiger charge is 2.37. The number of rotatable bonds is 10. The number of primary sulfonamides is 1. The van der Waals surface area contributed by atoms with E-state index in [0.717, 1.165) is 0 Å². The first kappa shape index (κ1) is 27.9. The van der Waals surface area contributed by atoms with E-state index in [1.54, 1.807) is 4.90 Å². The van der Waals surface area contributed by atoms with Gasteiger partial charge in [0.1, 0.15) is 9.79 Å². The van der Waals surface area contributed by atoms with Crippen molar-refractivity contribution in [3.8, 4) is 0 Å². The summed E-state index contributed by atoms with van der Waals surface area (Å²) in [5, 5.41) is 12.0. The zero-order valence-corrected chi connectivity index (χ0v) is 22.3. The van der Waals surface area contributed by atoms with Crippen molar-refractivity contribution in [2.45, 2.75) is 40.3 Å². The largest absolute Gasteiger partial charge is 0.371 e. The van der Waals surface area contributed by atoms with Crippen LogP contribution in [0.25, 0.3) is 0 Å². The Balaban J connectivity index is 1.74. The van der Waals surface area contributed by atoms with Gasteiger partial charge in [0.15, 0.2) is 5.84 Å². The summed E-state index contributed by atoms with van der Waals surface area (Å²) in [4.78, 5) is 0.673. The molecule has 0 radical (unpaired) electrons. The molecule has 2 saturated heterocycles. The van der Waals surface area contributed by atoms with E-state index >= 15 is 0 Å². The number of hydrazone groups is 1. The summed E-state index contributed by atoms with van der Waals surface area (Å²) in [6.07, 6.45) is 1.07. The molecule has 37 heavy (non-hydrogen) atoms. The molecule has 1 aromatic carbocycles. The summed E-state index contributed by atoms with van der Waals surface area (Å²) in [6.45, 7) is 1.88.